The Bertz CT molecular complexity index is 177. The van der Waals surface area contributed by atoms with Crippen LogP contribution in [0.3, 0.4) is 0 Å². The zero-order valence-corrected chi connectivity index (χ0v) is 6.12. The third-order valence-electron chi connectivity index (χ3n) is 1.15. The molecule has 0 saturated carbocycles. The zero-order valence-electron chi connectivity index (χ0n) is 6.12. The fourth-order valence-electron chi connectivity index (χ4n) is 0.596. The van der Waals surface area contributed by atoms with E-state index in [1.807, 2.05) is 0 Å². The highest BCUT2D eigenvalue weighted by Crippen LogP contribution is 1.94. The Labute approximate surface area is 64.7 Å². The molecule has 4 nitrogen and oxygen atoms in total. The van der Waals surface area contributed by atoms with Crippen LogP contribution in [0.2, 0.25) is 0 Å². The van der Waals surface area contributed by atoms with E-state index >= 15 is 0 Å². The highest BCUT2D eigenvalue weighted by Gasteiger charge is 2.14. The molecule has 0 aromatic carbocycles. The van der Waals surface area contributed by atoms with Gasteiger partial charge in [-0.1, -0.05) is 6.08 Å². The van der Waals surface area contributed by atoms with Gasteiger partial charge in [-0.05, 0) is 0 Å². The number of aliphatic carboxylic acids is 1. The van der Waals surface area contributed by atoms with Crippen LogP contribution in [-0.2, 0) is 9.59 Å². The maximum Gasteiger partial charge on any atom is 0.305 e. The first-order valence-corrected chi connectivity index (χ1v) is 3.19. The average molecular weight is 157 g/mol. The number of carboxylic acid groups (broad SMARTS) is 1. The molecule has 0 saturated heterocycles. The summed E-state index contributed by atoms with van der Waals surface area (Å²) in [6, 6.07) is -0.898. The lowest BCUT2D eigenvalue weighted by molar-refractivity contribution is -0.139. The summed E-state index contributed by atoms with van der Waals surface area (Å²) in [5, 5.41) is 8.24. The van der Waals surface area contributed by atoms with Gasteiger partial charge >= 0.3 is 5.97 Å². The van der Waals surface area contributed by atoms with E-state index in [0.717, 1.165) is 0 Å². The molecule has 0 aliphatic rings. The Hall–Kier alpha value is -1.16. The maximum absolute atomic E-state index is 10.8. The Balaban J connectivity index is 3.81. The Morgan fingerprint density at radius 3 is 2.55 bits per heavy atom. The first kappa shape index (κ1) is 9.84. The number of carbonyl (C=O) groups excluding carboxylic acids is 1. The van der Waals surface area contributed by atoms with E-state index in [0.29, 0.717) is 0 Å². The van der Waals surface area contributed by atoms with Gasteiger partial charge in [0.2, 0.25) is 0 Å². The molecule has 0 aromatic heterocycles. The molecule has 0 spiro atoms. The molecule has 62 valence electrons. The molecule has 3 N–H and O–H groups in total. The first-order valence-electron chi connectivity index (χ1n) is 3.19. The van der Waals surface area contributed by atoms with Crippen molar-refractivity contribution in [1.82, 2.24) is 0 Å². The lowest BCUT2D eigenvalue weighted by atomic mass is 10.1. The first-order chi connectivity index (χ1) is 5.07. The van der Waals surface area contributed by atoms with Gasteiger partial charge in [-0.25, -0.2) is 0 Å². The summed E-state index contributed by atoms with van der Waals surface area (Å²) in [5.74, 6) is -1.35. The van der Waals surface area contributed by atoms with E-state index in [4.69, 9.17) is 10.8 Å². The van der Waals surface area contributed by atoms with E-state index in [1.54, 1.807) is 0 Å². The molecular weight excluding hydrogens is 146 g/mol. The predicted octanol–water partition coefficient (Wildman–Crippen LogP) is -0.0664. The Morgan fingerprint density at radius 1 is 1.64 bits per heavy atom. The number of nitrogens with two attached hydrogens (primary N) is 1. The van der Waals surface area contributed by atoms with Gasteiger partial charge in [0.25, 0.3) is 0 Å². The standard InChI is InChI=1S/C7H11NO3/c1-2-3-6(9)5(8)4-7(10)11/h2,5H,1,3-4,8H2,(H,10,11)/t5-/m0/s1. The number of hydrogen-bond donors (Lipinski definition) is 2. The number of Topliss-reactive ketones (excluding diaryl/α,β-unsaturated/α-hetero) is 1. The molecule has 0 aliphatic carbocycles. The lowest BCUT2D eigenvalue weighted by Gasteiger charge is -2.04. The fourth-order valence-corrected chi connectivity index (χ4v) is 0.596. The molecule has 0 radical (unpaired) electrons. The smallest absolute Gasteiger partial charge is 0.305 e. The molecule has 1 atom stereocenters. The van der Waals surface area contributed by atoms with E-state index in [-0.39, 0.29) is 18.6 Å². The summed E-state index contributed by atoms with van der Waals surface area (Å²) in [7, 11) is 0. The van der Waals surface area contributed by atoms with Crippen LogP contribution in [0.1, 0.15) is 12.8 Å². The molecule has 0 amide bonds. The van der Waals surface area contributed by atoms with Gasteiger partial charge in [-0.3, -0.25) is 9.59 Å². The monoisotopic (exact) mass is 157 g/mol. The molecule has 11 heavy (non-hydrogen) atoms. The number of ketones is 1. The van der Waals surface area contributed by atoms with Crippen LogP contribution in [-0.4, -0.2) is 22.9 Å². The molecule has 0 aromatic rings. The summed E-state index contributed by atoms with van der Waals surface area (Å²) in [6.45, 7) is 3.34. The summed E-state index contributed by atoms with van der Waals surface area (Å²) in [4.78, 5) is 20.9. The van der Waals surface area contributed by atoms with Gasteiger partial charge in [0.15, 0.2) is 5.78 Å². The van der Waals surface area contributed by atoms with Gasteiger partial charge in [0.1, 0.15) is 0 Å². The minimum absolute atomic E-state index is 0.133. The molecule has 0 rings (SSSR count). The topological polar surface area (TPSA) is 80.4 Å². The van der Waals surface area contributed by atoms with Crippen LogP contribution in [0.4, 0.5) is 0 Å². The van der Waals surface area contributed by atoms with E-state index in [9.17, 15) is 9.59 Å². The fraction of sp³-hybridized carbons (Fsp3) is 0.429. The van der Waals surface area contributed by atoms with Crippen LogP contribution in [0.15, 0.2) is 12.7 Å². The van der Waals surface area contributed by atoms with Gasteiger partial charge in [0.05, 0.1) is 12.5 Å². The Morgan fingerprint density at radius 2 is 2.18 bits per heavy atom. The second kappa shape index (κ2) is 4.62. The molecular formula is C7H11NO3. The quantitative estimate of drug-likeness (QED) is 0.547. The number of rotatable bonds is 5. The summed E-state index contributed by atoms with van der Waals surface area (Å²) in [6.07, 6.45) is 1.23. The van der Waals surface area contributed by atoms with Gasteiger partial charge < -0.3 is 10.8 Å². The third kappa shape index (κ3) is 4.27. The number of carbonyl (C=O) groups is 2. The van der Waals surface area contributed by atoms with Crippen LogP contribution < -0.4 is 5.73 Å². The SMILES string of the molecule is C=CCC(=O)[C@@H](N)CC(=O)O. The number of hydrogen-bond acceptors (Lipinski definition) is 3. The normalized spacial score (nSPS) is 12.1. The summed E-state index contributed by atoms with van der Waals surface area (Å²) < 4.78 is 0. The van der Waals surface area contributed by atoms with Crippen molar-refractivity contribution in [2.45, 2.75) is 18.9 Å². The van der Waals surface area contributed by atoms with Crippen LogP contribution in [0.5, 0.6) is 0 Å². The minimum atomic E-state index is -1.06. The second-order valence-electron chi connectivity index (χ2n) is 2.16. The van der Waals surface area contributed by atoms with Crippen molar-refractivity contribution in [3.63, 3.8) is 0 Å². The minimum Gasteiger partial charge on any atom is -0.481 e. The van der Waals surface area contributed by atoms with Crippen molar-refractivity contribution in [2.24, 2.45) is 5.73 Å². The highest BCUT2D eigenvalue weighted by atomic mass is 16.4. The highest BCUT2D eigenvalue weighted by molar-refractivity contribution is 5.88. The van der Waals surface area contributed by atoms with Gasteiger partial charge in [-0.2, -0.15) is 0 Å². The van der Waals surface area contributed by atoms with Gasteiger partial charge in [-0.15, -0.1) is 6.58 Å². The van der Waals surface area contributed by atoms with Crippen molar-refractivity contribution >= 4 is 11.8 Å². The molecule has 0 heterocycles. The number of carboxylic acids is 1. The lowest BCUT2D eigenvalue weighted by Crippen LogP contribution is -2.32. The van der Waals surface area contributed by atoms with Gasteiger partial charge in [0, 0.05) is 6.42 Å². The van der Waals surface area contributed by atoms with Crippen molar-refractivity contribution in [1.29, 1.82) is 0 Å². The largest absolute Gasteiger partial charge is 0.481 e. The maximum atomic E-state index is 10.8. The predicted molar refractivity (Wildman–Crippen MR) is 40.0 cm³/mol. The molecule has 0 unspecified atom stereocenters. The molecule has 0 fully saturated rings. The zero-order chi connectivity index (χ0) is 8.85. The summed E-state index contributed by atoms with van der Waals surface area (Å²) in [5.41, 5.74) is 5.23. The van der Waals surface area contributed by atoms with E-state index in [2.05, 4.69) is 6.58 Å². The second-order valence-corrected chi connectivity index (χ2v) is 2.16. The third-order valence-corrected chi connectivity index (χ3v) is 1.15. The molecule has 4 heteroatoms. The van der Waals surface area contributed by atoms with Crippen molar-refractivity contribution in [2.75, 3.05) is 0 Å². The van der Waals surface area contributed by atoms with Crippen LogP contribution in [0, 0.1) is 0 Å². The number of allylic oxidation sites excluding steroid dienone is 1. The van der Waals surface area contributed by atoms with Crippen LogP contribution in [0.25, 0.3) is 0 Å². The van der Waals surface area contributed by atoms with Crippen molar-refractivity contribution < 1.29 is 14.7 Å². The molecule has 0 aliphatic heterocycles. The van der Waals surface area contributed by atoms with Crippen LogP contribution >= 0.6 is 0 Å². The Kier molecular flexibility index (Phi) is 4.14. The van der Waals surface area contributed by atoms with E-state index in [1.165, 1.54) is 6.08 Å². The van der Waals surface area contributed by atoms with Crippen molar-refractivity contribution in [3.05, 3.63) is 12.7 Å². The van der Waals surface area contributed by atoms with Crippen molar-refractivity contribution in [3.8, 4) is 0 Å². The summed E-state index contributed by atoms with van der Waals surface area (Å²) >= 11 is 0. The van der Waals surface area contributed by atoms with E-state index < -0.39 is 12.0 Å². The molecule has 0 bridgehead atoms. The average Bonchev–Trinajstić information content (AvgIpc) is 1.86.